The summed E-state index contributed by atoms with van der Waals surface area (Å²) in [4.78, 5) is 38.4. The third-order valence-electron chi connectivity index (χ3n) is 5.52. The van der Waals surface area contributed by atoms with E-state index < -0.39 is 10.8 Å². The normalized spacial score (nSPS) is 12.9. The number of carbonyl (C=O) groups excluding carboxylic acids is 2. The Morgan fingerprint density at radius 1 is 1.06 bits per heavy atom. The summed E-state index contributed by atoms with van der Waals surface area (Å²) in [7, 11) is 2.94. The summed E-state index contributed by atoms with van der Waals surface area (Å²) in [6.07, 6.45) is 3.38. The van der Waals surface area contributed by atoms with Crippen molar-refractivity contribution in [2.75, 3.05) is 32.6 Å². The molecule has 1 N–H and O–H groups in total. The molecule has 1 saturated heterocycles. The van der Waals surface area contributed by atoms with Crippen LogP contribution in [0.1, 0.15) is 33.7 Å². The Morgan fingerprint density at radius 3 is 2.44 bits per heavy atom. The molecule has 0 aliphatic carbocycles. The van der Waals surface area contributed by atoms with Crippen LogP contribution in [0.3, 0.4) is 0 Å². The fourth-order valence-corrected chi connectivity index (χ4v) is 3.77. The number of amides is 2. The number of nitro groups is 1. The van der Waals surface area contributed by atoms with Crippen LogP contribution in [0.5, 0.6) is 11.5 Å². The Morgan fingerprint density at radius 2 is 1.76 bits per heavy atom. The van der Waals surface area contributed by atoms with Crippen LogP contribution in [-0.2, 0) is 0 Å². The third-order valence-corrected chi connectivity index (χ3v) is 5.52. The number of hydrogen-bond acceptors (Lipinski definition) is 7. The number of nitro benzene ring substituents is 1. The molecule has 0 atom stereocenters. The van der Waals surface area contributed by atoms with E-state index in [-0.39, 0.29) is 28.5 Å². The Hall–Kier alpha value is -4.41. The van der Waals surface area contributed by atoms with Crippen LogP contribution in [0.2, 0.25) is 0 Å². The Labute approximate surface area is 195 Å². The zero-order valence-electron chi connectivity index (χ0n) is 18.7. The summed E-state index contributed by atoms with van der Waals surface area (Å²) in [6.45, 7) is 1.29. The molecule has 0 saturated carbocycles. The molecule has 1 aliphatic heterocycles. The minimum Gasteiger partial charge on any atom is -0.493 e. The van der Waals surface area contributed by atoms with Gasteiger partial charge in [0.25, 0.3) is 17.5 Å². The first-order chi connectivity index (χ1) is 16.4. The molecule has 2 aromatic carbocycles. The maximum Gasteiger partial charge on any atom is 0.276 e. The van der Waals surface area contributed by atoms with Crippen molar-refractivity contribution in [3.63, 3.8) is 0 Å². The largest absolute Gasteiger partial charge is 0.493 e. The number of anilines is 1. The minimum absolute atomic E-state index is 0.0702. The van der Waals surface area contributed by atoms with Gasteiger partial charge in [-0.1, -0.05) is 6.07 Å². The van der Waals surface area contributed by atoms with E-state index in [1.807, 2.05) is 0 Å². The van der Waals surface area contributed by atoms with Crippen LogP contribution in [0.25, 0.3) is 5.69 Å². The van der Waals surface area contributed by atoms with Crippen LogP contribution in [0.4, 0.5) is 11.4 Å². The molecule has 34 heavy (non-hydrogen) atoms. The quantitative estimate of drug-likeness (QED) is 0.419. The molecule has 2 heterocycles. The molecule has 3 aromatic rings. The molecule has 0 unspecified atom stereocenters. The fraction of sp³-hybridized carbons (Fsp3) is 0.261. The molecule has 11 heteroatoms. The number of likely N-dealkylation sites (tertiary alicyclic amines) is 1. The van der Waals surface area contributed by atoms with Gasteiger partial charge in [-0.2, -0.15) is 5.10 Å². The first-order valence-corrected chi connectivity index (χ1v) is 10.6. The first-order valence-electron chi connectivity index (χ1n) is 10.6. The summed E-state index contributed by atoms with van der Waals surface area (Å²) >= 11 is 0. The molecule has 4 rings (SSSR count). The molecular formula is C23H23N5O6. The second-order valence-electron chi connectivity index (χ2n) is 7.63. The number of carbonyl (C=O) groups is 2. The van der Waals surface area contributed by atoms with Crippen molar-refractivity contribution in [3.8, 4) is 17.2 Å². The fourth-order valence-electron chi connectivity index (χ4n) is 3.77. The van der Waals surface area contributed by atoms with Gasteiger partial charge < -0.3 is 19.7 Å². The molecule has 1 fully saturated rings. The van der Waals surface area contributed by atoms with E-state index in [1.165, 1.54) is 55.4 Å². The molecule has 2 amide bonds. The lowest BCUT2D eigenvalue weighted by Gasteiger charge is -2.20. The maximum atomic E-state index is 13.1. The number of hydrogen-bond donors (Lipinski definition) is 1. The van der Waals surface area contributed by atoms with Gasteiger partial charge in [-0.15, -0.1) is 0 Å². The lowest BCUT2D eigenvalue weighted by molar-refractivity contribution is -0.384. The van der Waals surface area contributed by atoms with Gasteiger partial charge in [-0.05, 0) is 31.0 Å². The number of rotatable bonds is 7. The van der Waals surface area contributed by atoms with Crippen molar-refractivity contribution in [2.24, 2.45) is 0 Å². The Bertz CT molecular complexity index is 1250. The maximum absolute atomic E-state index is 13.1. The highest BCUT2D eigenvalue weighted by Crippen LogP contribution is 2.34. The summed E-state index contributed by atoms with van der Waals surface area (Å²) in [5.74, 6) is -0.0290. The standard InChI is InChI=1S/C23H23N5O6/c1-33-20-13-17(23(30)26-9-3-4-10-26)19(14-21(20)34-2)24-22(29)18-8-11-27(25-18)15-6-5-7-16(12-15)28(31)32/h5-8,11-14H,3-4,9-10H2,1-2H3,(H,24,29). The number of methoxy groups -OCH3 is 2. The van der Waals surface area contributed by atoms with Gasteiger partial charge in [0, 0.05) is 37.5 Å². The van der Waals surface area contributed by atoms with Crippen molar-refractivity contribution in [1.29, 1.82) is 0 Å². The molecule has 0 bridgehead atoms. The number of benzene rings is 2. The van der Waals surface area contributed by atoms with Gasteiger partial charge in [0.1, 0.15) is 0 Å². The predicted molar refractivity (Wildman–Crippen MR) is 123 cm³/mol. The van der Waals surface area contributed by atoms with Crippen molar-refractivity contribution >= 4 is 23.2 Å². The van der Waals surface area contributed by atoms with Crippen LogP contribution >= 0.6 is 0 Å². The highest BCUT2D eigenvalue weighted by Gasteiger charge is 2.25. The molecule has 0 spiro atoms. The topological polar surface area (TPSA) is 129 Å². The monoisotopic (exact) mass is 465 g/mol. The summed E-state index contributed by atoms with van der Waals surface area (Å²) in [6, 6.07) is 10.5. The highest BCUT2D eigenvalue weighted by molar-refractivity contribution is 6.08. The number of non-ortho nitro benzene ring substituents is 1. The second-order valence-corrected chi connectivity index (χ2v) is 7.63. The smallest absolute Gasteiger partial charge is 0.276 e. The van der Waals surface area contributed by atoms with E-state index >= 15 is 0 Å². The molecule has 11 nitrogen and oxygen atoms in total. The van der Waals surface area contributed by atoms with E-state index in [0.29, 0.717) is 30.3 Å². The number of nitrogens with zero attached hydrogens (tertiary/aromatic N) is 4. The van der Waals surface area contributed by atoms with E-state index in [1.54, 1.807) is 17.0 Å². The molecular weight excluding hydrogens is 442 g/mol. The predicted octanol–water partition coefficient (Wildman–Crippen LogP) is 3.29. The lowest BCUT2D eigenvalue weighted by atomic mass is 10.1. The van der Waals surface area contributed by atoms with Crippen LogP contribution < -0.4 is 14.8 Å². The second kappa shape index (κ2) is 9.61. The summed E-state index contributed by atoms with van der Waals surface area (Å²) in [5.41, 5.74) is 0.968. The van der Waals surface area contributed by atoms with Crippen LogP contribution in [0, 0.1) is 10.1 Å². The SMILES string of the molecule is COc1cc(NC(=O)c2ccn(-c3cccc([N+](=O)[O-])c3)n2)c(C(=O)N2CCCC2)cc1OC. The Kier molecular flexibility index (Phi) is 6.44. The van der Waals surface area contributed by atoms with E-state index in [0.717, 1.165) is 12.8 Å². The van der Waals surface area contributed by atoms with Crippen molar-refractivity contribution in [2.45, 2.75) is 12.8 Å². The average molecular weight is 465 g/mol. The van der Waals surface area contributed by atoms with Crippen LogP contribution in [0.15, 0.2) is 48.7 Å². The zero-order valence-corrected chi connectivity index (χ0v) is 18.7. The van der Waals surface area contributed by atoms with Crippen LogP contribution in [-0.4, -0.2) is 58.7 Å². The summed E-state index contributed by atoms with van der Waals surface area (Å²) in [5, 5.41) is 18.0. The molecule has 176 valence electrons. The van der Waals surface area contributed by atoms with Gasteiger partial charge in [-0.25, -0.2) is 4.68 Å². The lowest BCUT2D eigenvalue weighted by Crippen LogP contribution is -2.29. The van der Waals surface area contributed by atoms with Gasteiger partial charge >= 0.3 is 0 Å². The number of ether oxygens (including phenoxy) is 2. The van der Waals surface area contributed by atoms with Crippen molar-refractivity contribution in [1.82, 2.24) is 14.7 Å². The van der Waals surface area contributed by atoms with Crippen molar-refractivity contribution in [3.05, 3.63) is 70.0 Å². The van der Waals surface area contributed by atoms with Gasteiger partial charge in [0.2, 0.25) is 0 Å². The minimum atomic E-state index is -0.549. The number of aromatic nitrogens is 2. The molecule has 1 aromatic heterocycles. The summed E-state index contributed by atoms with van der Waals surface area (Å²) < 4.78 is 12.0. The van der Waals surface area contributed by atoms with E-state index in [4.69, 9.17) is 9.47 Å². The highest BCUT2D eigenvalue weighted by atomic mass is 16.6. The Balaban J connectivity index is 1.63. The van der Waals surface area contributed by atoms with Crippen molar-refractivity contribution < 1.29 is 24.0 Å². The number of nitrogens with one attached hydrogen (secondary N) is 1. The molecule has 0 radical (unpaired) electrons. The van der Waals surface area contributed by atoms with Gasteiger partial charge in [-0.3, -0.25) is 19.7 Å². The third kappa shape index (κ3) is 4.53. The van der Waals surface area contributed by atoms with Gasteiger partial charge in [0.15, 0.2) is 17.2 Å². The average Bonchev–Trinajstić information content (AvgIpc) is 3.56. The van der Waals surface area contributed by atoms with Gasteiger partial charge in [0.05, 0.1) is 36.1 Å². The first kappa shape index (κ1) is 22.8. The zero-order chi connectivity index (χ0) is 24.2. The van der Waals surface area contributed by atoms with E-state index in [2.05, 4.69) is 10.4 Å². The van der Waals surface area contributed by atoms with E-state index in [9.17, 15) is 19.7 Å². The molecule has 1 aliphatic rings.